The van der Waals surface area contributed by atoms with Crippen LogP contribution in [0.2, 0.25) is 0 Å². The number of rotatable bonds is 18. The Morgan fingerprint density at radius 2 is 1.03 bits per heavy atom. The molecular weight excluding hydrogens is 1030 g/mol. The monoisotopic (exact) mass is 1090 g/mol. The minimum Gasteiger partial charge on any atom is -0.478 e. The number of carboxylic acids is 1. The van der Waals surface area contributed by atoms with Crippen LogP contribution in [0.25, 0.3) is 43.4 Å². The number of aromatic carboxylic acids is 1. The van der Waals surface area contributed by atoms with Gasteiger partial charge in [0, 0.05) is 136 Å². The van der Waals surface area contributed by atoms with Crippen molar-refractivity contribution in [3.05, 3.63) is 93.7 Å². The van der Waals surface area contributed by atoms with E-state index in [1.807, 2.05) is 6.92 Å². The molecule has 2 saturated heterocycles. The van der Waals surface area contributed by atoms with Crippen LogP contribution >= 0.6 is 22.7 Å². The van der Waals surface area contributed by atoms with Crippen LogP contribution in [0.3, 0.4) is 0 Å². The molecule has 0 aliphatic carbocycles. The molecule has 7 N–H and O–H groups in total. The largest absolute Gasteiger partial charge is 0.478 e. The number of nitrogens with one attached hydrogen (secondary N) is 6. The molecule has 0 spiro atoms. The lowest BCUT2D eigenvalue weighted by molar-refractivity contribution is 0.0382. The lowest BCUT2D eigenvalue weighted by Gasteiger charge is -2.26. The van der Waals surface area contributed by atoms with Gasteiger partial charge in [0.1, 0.15) is 31.4 Å². The minimum atomic E-state index is -1.11. The summed E-state index contributed by atoms with van der Waals surface area (Å²) in [5.41, 5.74) is 4.97. The molecule has 0 aromatic carbocycles. The van der Waals surface area contributed by atoms with Gasteiger partial charge in [-0.2, -0.15) is 0 Å². The van der Waals surface area contributed by atoms with Crippen molar-refractivity contribution in [3.8, 4) is 43.4 Å². The van der Waals surface area contributed by atoms with Crippen molar-refractivity contribution in [2.24, 2.45) is 0 Å². The Morgan fingerprint density at radius 3 is 1.44 bits per heavy atom. The molecule has 26 heteroatoms. The molecule has 2 aliphatic rings. The first-order chi connectivity index (χ1) is 37.2. The van der Waals surface area contributed by atoms with E-state index in [1.165, 1.54) is 60.6 Å². The van der Waals surface area contributed by atoms with E-state index in [1.54, 1.807) is 51.4 Å². The van der Waals surface area contributed by atoms with Gasteiger partial charge in [-0.1, -0.05) is 0 Å². The van der Waals surface area contributed by atoms with Gasteiger partial charge in [-0.05, 0) is 52.0 Å². The van der Waals surface area contributed by atoms with E-state index in [4.69, 9.17) is 14.2 Å². The number of urea groups is 2. The normalized spacial score (nSPS) is 13.6. The number of pyridine rings is 4. The molecule has 0 radical (unpaired) electrons. The highest BCUT2D eigenvalue weighted by Gasteiger charge is 2.24. The number of ether oxygens (including phenoxy) is 3. The smallest absolute Gasteiger partial charge is 0.339 e. The number of anilines is 2. The Labute approximate surface area is 451 Å². The van der Waals surface area contributed by atoms with Gasteiger partial charge >= 0.3 is 24.0 Å². The molecule has 24 nitrogen and oxygen atoms in total. The van der Waals surface area contributed by atoms with E-state index in [2.05, 4.69) is 71.6 Å². The molecule has 406 valence electrons. The van der Waals surface area contributed by atoms with E-state index < -0.39 is 24.0 Å². The molecule has 0 unspecified atom stereocenters. The highest BCUT2D eigenvalue weighted by Crippen LogP contribution is 2.38. The predicted molar refractivity (Wildman–Crippen MR) is 290 cm³/mol. The van der Waals surface area contributed by atoms with Gasteiger partial charge in [0.15, 0.2) is 0 Å². The highest BCUT2D eigenvalue weighted by molar-refractivity contribution is 7.17. The molecule has 0 bridgehead atoms. The Balaban J connectivity index is 0.000000224. The van der Waals surface area contributed by atoms with Crippen molar-refractivity contribution in [3.63, 3.8) is 0 Å². The van der Waals surface area contributed by atoms with Gasteiger partial charge in [-0.25, -0.2) is 39.1 Å². The van der Waals surface area contributed by atoms with Crippen LogP contribution in [0.1, 0.15) is 65.3 Å². The zero-order valence-electron chi connectivity index (χ0n) is 43.2. The summed E-state index contributed by atoms with van der Waals surface area (Å²) in [7, 11) is 1.30. The van der Waals surface area contributed by atoms with Crippen LogP contribution in [0.15, 0.2) is 61.4 Å². The Bertz CT molecular complexity index is 3070. The Hall–Kier alpha value is -7.88. The number of carboxylic acid groups (broad SMARTS) is 1. The van der Waals surface area contributed by atoms with Crippen molar-refractivity contribution >= 4 is 70.1 Å². The summed E-state index contributed by atoms with van der Waals surface area (Å²) >= 11 is 2.46. The molecule has 6 amide bonds. The number of aryl methyl sites for hydroxylation is 2. The first-order valence-electron chi connectivity index (χ1n) is 24.7. The van der Waals surface area contributed by atoms with E-state index in [0.717, 1.165) is 39.3 Å². The van der Waals surface area contributed by atoms with Crippen LogP contribution in [-0.2, 0) is 14.2 Å². The van der Waals surface area contributed by atoms with Crippen LogP contribution in [0, 0.1) is 13.8 Å². The fourth-order valence-corrected chi connectivity index (χ4v) is 9.96. The van der Waals surface area contributed by atoms with Crippen LogP contribution < -0.4 is 31.9 Å². The molecule has 8 rings (SSSR count). The molecule has 2 aliphatic heterocycles. The third-order valence-corrected chi connectivity index (χ3v) is 14.2. The number of amides is 6. The highest BCUT2D eigenvalue weighted by atomic mass is 32.1. The average Bonchev–Trinajstić information content (AvgIpc) is 4.04. The fourth-order valence-electron chi connectivity index (χ4n) is 7.93. The summed E-state index contributed by atoms with van der Waals surface area (Å²) in [5, 5.41) is 27.2. The first-order valence-corrected chi connectivity index (χ1v) is 26.3. The lowest BCUT2D eigenvalue weighted by atomic mass is 10.0. The van der Waals surface area contributed by atoms with Gasteiger partial charge in [-0.15, -0.1) is 22.7 Å². The van der Waals surface area contributed by atoms with E-state index in [0.29, 0.717) is 123 Å². The van der Waals surface area contributed by atoms with Crippen molar-refractivity contribution in [2.75, 3.05) is 110 Å². The summed E-state index contributed by atoms with van der Waals surface area (Å²) in [6.45, 7) is 16.7. The van der Waals surface area contributed by atoms with Crippen molar-refractivity contribution in [2.45, 2.75) is 27.7 Å². The SMILES string of the molecule is CCNC(=O)Nc1cc(-c2nc(C)c(C(=O)NCCN3CCOCC3)s2)c(-c2cncc(C(=O)O)c2)cn1.CCNC(=O)Nc1cc(-c2nc(C)c(C(=O)NCCN3CCOCC3)s2)c(-c2cncc(C(=O)OC)c2)cn1. The van der Waals surface area contributed by atoms with Gasteiger partial charge < -0.3 is 40.6 Å². The molecule has 0 atom stereocenters. The van der Waals surface area contributed by atoms with E-state index >= 15 is 0 Å². The molecule has 0 saturated carbocycles. The quantitative estimate of drug-likeness (QED) is 0.0554. The molecule has 6 aromatic rings. The minimum absolute atomic E-state index is 0.0219. The molecule has 77 heavy (non-hydrogen) atoms. The maximum absolute atomic E-state index is 13.0. The fraction of sp³-hybridized carbons (Fsp3) is 0.373. The third-order valence-electron chi connectivity index (χ3n) is 11.8. The van der Waals surface area contributed by atoms with Gasteiger partial charge in [-0.3, -0.25) is 40.0 Å². The van der Waals surface area contributed by atoms with E-state index in [9.17, 15) is 33.9 Å². The number of carbonyl (C=O) groups is 6. The molecule has 8 heterocycles. The summed E-state index contributed by atoms with van der Waals surface area (Å²) in [4.78, 5) is 106. The second-order valence-corrected chi connectivity index (χ2v) is 19.2. The summed E-state index contributed by atoms with van der Waals surface area (Å²) in [6, 6.07) is 5.67. The number of hydrogen-bond acceptors (Lipinski definition) is 19. The standard InChI is InChI=1S/C26H31N7O5S.C25H29N7O5S/c1-4-28-26(36)32-21-12-19(20(15-30-21)17-11-18(14-27-13-17)25(35)37-3)24-31-16(2)22(39-24)23(34)29-5-6-33-7-9-38-10-8-33;1-3-27-25(36)31-20-11-18(19(14-29-20)16-10-17(24(34)35)13-26-12-16)23-30-15(2)21(38-23)22(33)28-4-5-32-6-8-37-9-7-32/h11-15H,4-10H2,1-3H3,(H,29,34)(H2,28,30,32,36);10-14H,3-9H2,1-2H3,(H,28,33)(H,34,35)(H2,27,29,31,36). The second kappa shape index (κ2) is 27.8. The number of nitrogens with zero attached hydrogens (tertiary/aromatic N) is 8. The number of aromatic nitrogens is 6. The number of thiazole rings is 2. The topological polar surface area (TPSA) is 306 Å². The summed E-state index contributed by atoms with van der Waals surface area (Å²) in [5.74, 6) is -1.46. The molecule has 6 aromatic heterocycles. The first kappa shape index (κ1) is 56.8. The van der Waals surface area contributed by atoms with Gasteiger partial charge in [0.05, 0.1) is 56.1 Å². The third kappa shape index (κ3) is 15.6. The Kier molecular flexibility index (Phi) is 20.5. The van der Waals surface area contributed by atoms with Crippen molar-refractivity contribution in [1.82, 2.24) is 61.0 Å². The number of methoxy groups -OCH3 is 1. The lowest BCUT2D eigenvalue weighted by Crippen LogP contribution is -2.41. The predicted octanol–water partition coefficient (Wildman–Crippen LogP) is 5.04. The summed E-state index contributed by atoms with van der Waals surface area (Å²) < 4.78 is 15.6. The molecular formula is C51H60N14O10S2. The summed E-state index contributed by atoms with van der Waals surface area (Å²) in [6.07, 6.45) is 8.91. The number of carbonyl (C=O) groups excluding carboxylic acids is 5. The zero-order valence-corrected chi connectivity index (χ0v) is 44.8. The average molecular weight is 1090 g/mol. The Morgan fingerprint density at radius 1 is 0.597 bits per heavy atom. The van der Waals surface area contributed by atoms with Gasteiger partial charge in [0.25, 0.3) is 11.8 Å². The van der Waals surface area contributed by atoms with Crippen molar-refractivity contribution < 1.29 is 48.1 Å². The van der Waals surface area contributed by atoms with Crippen LogP contribution in [-0.4, -0.2) is 180 Å². The number of hydrogen-bond donors (Lipinski definition) is 7. The second-order valence-electron chi connectivity index (χ2n) is 17.2. The van der Waals surface area contributed by atoms with E-state index in [-0.39, 0.29) is 28.8 Å². The number of esters is 1. The maximum atomic E-state index is 13.0. The van der Waals surface area contributed by atoms with Gasteiger partial charge in [0.2, 0.25) is 0 Å². The number of morpholine rings is 2. The van der Waals surface area contributed by atoms with Crippen LogP contribution in [0.5, 0.6) is 0 Å². The maximum Gasteiger partial charge on any atom is 0.339 e. The van der Waals surface area contributed by atoms with Crippen molar-refractivity contribution in [1.29, 1.82) is 0 Å². The van der Waals surface area contributed by atoms with Crippen LogP contribution in [0.4, 0.5) is 21.2 Å². The zero-order chi connectivity index (χ0) is 54.8. The molecule has 2 fully saturated rings.